The van der Waals surface area contributed by atoms with Crippen LogP contribution in [0.1, 0.15) is 11.1 Å². The number of aromatic nitrogens is 1. The fourth-order valence-electron chi connectivity index (χ4n) is 5.96. The highest BCUT2D eigenvalue weighted by Gasteiger charge is 2.61. The molecule has 2 fully saturated rings. The Kier molecular flexibility index (Phi) is 8.98. The number of halogens is 1. The van der Waals surface area contributed by atoms with E-state index in [1.54, 1.807) is 24.3 Å². The van der Waals surface area contributed by atoms with Gasteiger partial charge in [0.25, 0.3) is 21.5 Å². The number of hydrogen-bond donors (Lipinski definition) is 0. The van der Waals surface area contributed by atoms with E-state index in [-0.39, 0.29) is 32.6 Å². The van der Waals surface area contributed by atoms with E-state index >= 15 is 0 Å². The summed E-state index contributed by atoms with van der Waals surface area (Å²) in [6, 6.07) is 15.0. The van der Waals surface area contributed by atoms with Gasteiger partial charge in [-0.2, -0.15) is 4.31 Å². The summed E-state index contributed by atoms with van der Waals surface area (Å²) in [5.74, 6) is -1.01. The Labute approximate surface area is 267 Å². The number of benzene rings is 2. The Bertz CT molecular complexity index is 1660. The van der Waals surface area contributed by atoms with Crippen molar-refractivity contribution >= 4 is 39.3 Å². The van der Waals surface area contributed by atoms with Gasteiger partial charge in [-0.1, -0.05) is 29.8 Å². The van der Waals surface area contributed by atoms with E-state index in [1.807, 2.05) is 0 Å². The second-order valence-corrected chi connectivity index (χ2v) is 13.2. The van der Waals surface area contributed by atoms with E-state index in [0.717, 1.165) is 39.4 Å². The monoisotopic (exact) mass is 655 g/mol. The number of morpholine rings is 1. The van der Waals surface area contributed by atoms with Crippen LogP contribution in [0.15, 0.2) is 71.8 Å². The maximum Gasteiger partial charge on any atom is 0.411 e. The quantitative estimate of drug-likeness (QED) is 0.358. The van der Waals surface area contributed by atoms with Crippen molar-refractivity contribution in [2.45, 2.75) is 10.5 Å². The molecule has 1 unspecified atom stereocenters. The molecule has 3 aliphatic rings. The zero-order valence-electron chi connectivity index (χ0n) is 24.8. The Morgan fingerprint density at radius 3 is 2.31 bits per heavy atom. The van der Waals surface area contributed by atoms with Crippen molar-refractivity contribution in [1.29, 1.82) is 0 Å². The molecule has 0 aliphatic carbocycles. The van der Waals surface area contributed by atoms with Crippen LogP contribution in [0.2, 0.25) is 5.02 Å². The van der Waals surface area contributed by atoms with Crippen LogP contribution >= 0.6 is 11.6 Å². The predicted octanol–water partition coefficient (Wildman–Crippen LogP) is 2.81. The third-order valence-corrected chi connectivity index (χ3v) is 10.3. The lowest BCUT2D eigenvalue weighted by molar-refractivity contribution is -0.132. The number of methoxy groups -OCH3 is 1. The van der Waals surface area contributed by atoms with Gasteiger partial charge in [0.1, 0.15) is 0 Å². The van der Waals surface area contributed by atoms with Gasteiger partial charge in [0.2, 0.25) is 5.88 Å². The maximum atomic E-state index is 14.7. The molecule has 6 rings (SSSR count). The van der Waals surface area contributed by atoms with Gasteiger partial charge in [-0.3, -0.25) is 14.6 Å². The molecule has 14 heteroatoms. The highest BCUT2D eigenvalue weighted by Crippen LogP contribution is 2.51. The molecule has 0 saturated carbocycles. The number of sulfonamides is 1. The molecule has 0 radical (unpaired) electrons. The summed E-state index contributed by atoms with van der Waals surface area (Å²) >= 11 is 6.43. The van der Waals surface area contributed by atoms with Crippen molar-refractivity contribution in [3.8, 4) is 5.88 Å². The fourth-order valence-corrected chi connectivity index (χ4v) is 7.61. The highest BCUT2D eigenvalue weighted by atomic mass is 35.5. The zero-order chi connectivity index (χ0) is 31.6. The molecule has 4 heterocycles. The Hall–Kier alpha value is -3.75. The van der Waals surface area contributed by atoms with Crippen LogP contribution in [-0.2, 0) is 29.9 Å². The average Bonchev–Trinajstić information content (AvgIpc) is 3.32. The molecule has 238 valence electrons. The summed E-state index contributed by atoms with van der Waals surface area (Å²) in [6.45, 7) is 7.02. The van der Waals surface area contributed by atoms with E-state index in [1.165, 1.54) is 54.6 Å². The van der Waals surface area contributed by atoms with Gasteiger partial charge in [0, 0.05) is 69.1 Å². The molecule has 3 aliphatic heterocycles. The smallest absolute Gasteiger partial charge is 0.411 e. The molecule has 12 nitrogen and oxygen atoms in total. The highest BCUT2D eigenvalue weighted by molar-refractivity contribution is 7.93. The molecule has 0 N–H and O–H groups in total. The van der Waals surface area contributed by atoms with Crippen molar-refractivity contribution in [2.24, 2.45) is 0 Å². The van der Waals surface area contributed by atoms with Crippen LogP contribution in [0.3, 0.4) is 0 Å². The maximum absolute atomic E-state index is 14.7. The van der Waals surface area contributed by atoms with Crippen LogP contribution in [0, 0.1) is 0 Å². The van der Waals surface area contributed by atoms with Crippen LogP contribution in [0.4, 0.5) is 10.5 Å². The van der Waals surface area contributed by atoms with Gasteiger partial charge in [-0.25, -0.2) is 18.2 Å². The molecule has 0 spiro atoms. The van der Waals surface area contributed by atoms with Crippen molar-refractivity contribution in [3.05, 3.63) is 83.0 Å². The minimum atomic E-state index is -4.44. The van der Waals surface area contributed by atoms with Gasteiger partial charge in [0.15, 0.2) is 0 Å². The first-order chi connectivity index (χ1) is 21.8. The summed E-state index contributed by atoms with van der Waals surface area (Å²) in [6.07, 6.45) is 0.692. The zero-order valence-corrected chi connectivity index (χ0v) is 26.4. The van der Waals surface area contributed by atoms with Crippen LogP contribution in [-0.4, -0.2) is 113 Å². The van der Waals surface area contributed by atoms with Crippen LogP contribution in [0.5, 0.6) is 5.88 Å². The minimum absolute atomic E-state index is 0.00327. The number of carbonyl (C=O) groups is 2. The second-order valence-electron chi connectivity index (χ2n) is 10.9. The third kappa shape index (κ3) is 5.86. The summed E-state index contributed by atoms with van der Waals surface area (Å²) < 4.78 is 45.9. The molecule has 1 atom stereocenters. The van der Waals surface area contributed by atoms with E-state index in [9.17, 15) is 18.0 Å². The SMILES string of the molecule is COc1ncccc1C1(OC(=O)N2CCN(CCN3CCOCC3)CC2)C(=O)N(S(=O)(=O)c2ccccc2)c2ccc(Cl)cc21. The summed E-state index contributed by atoms with van der Waals surface area (Å²) in [5.41, 5.74) is -2.08. The number of piperazine rings is 1. The number of pyridine rings is 1. The van der Waals surface area contributed by atoms with Gasteiger partial charge >= 0.3 is 6.09 Å². The Morgan fingerprint density at radius 1 is 0.933 bits per heavy atom. The van der Waals surface area contributed by atoms with Crippen molar-refractivity contribution in [1.82, 2.24) is 19.7 Å². The van der Waals surface area contributed by atoms with Crippen molar-refractivity contribution < 1.29 is 32.2 Å². The third-order valence-electron chi connectivity index (χ3n) is 8.37. The first-order valence-electron chi connectivity index (χ1n) is 14.7. The number of nitrogens with zero attached hydrogens (tertiary/aromatic N) is 5. The number of rotatable bonds is 8. The normalized spacial score (nSPS) is 21.1. The standard InChI is InChI=1S/C31H34ClN5O7S/c1-42-28-25(8-5-11-33-28)31(44-30(39)36-16-14-34(15-17-36)12-13-35-18-20-43-21-19-35)26-22-23(32)9-10-27(26)37(29(31)38)45(40,41)24-6-3-2-4-7-24/h2-11,22H,12-21H2,1H3. The van der Waals surface area contributed by atoms with Crippen molar-refractivity contribution in [3.63, 3.8) is 0 Å². The van der Waals surface area contributed by atoms with E-state index in [4.69, 9.17) is 25.8 Å². The van der Waals surface area contributed by atoms with E-state index in [2.05, 4.69) is 14.8 Å². The minimum Gasteiger partial charge on any atom is -0.481 e. The molecule has 0 bridgehead atoms. The summed E-state index contributed by atoms with van der Waals surface area (Å²) in [4.78, 5) is 39.0. The first-order valence-corrected chi connectivity index (χ1v) is 16.5. The Balaban J connectivity index is 1.34. The van der Waals surface area contributed by atoms with Crippen molar-refractivity contribution in [2.75, 3.05) is 77.0 Å². The molecule has 3 aromatic rings. The Morgan fingerprint density at radius 2 is 1.62 bits per heavy atom. The fraction of sp³-hybridized carbons (Fsp3) is 0.387. The summed E-state index contributed by atoms with van der Waals surface area (Å²) in [5, 5.41) is 0.220. The molecular formula is C31H34ClN5O7S. The van der Waals surface area contributed by atoms with E-state index < -0.39 is 27.6 Å². The predicted molar refractivity (Wildman–Crippen MR) is 166 cm³/mol. The number of ether oxygens (including phenoxy) is 3. The van der Waals surface area contributed by atoms with Crippen LogP contribution in [0.25, 0.3) is 0 Å². The lowest BCUT2D eigenvalue weighted by atomic mass is 9.87. The largest absolute Gasteiger partial charge is 0.481 e. The van der Waals surface area contributed by atoms with Crippen LogP contribution < -0.4 is 9.04 Å². The lowest BCUT2D eigenvalue weighted by Gasteiger charge is -2.37. The molecule has 2 aromatic carbocycles. The topological polar surface area (TPSA) is 122 Å². The van der Waals surface area contributed by atoms with Gasteiger partial charge < -0.3 is 19.1 Å². The molecule has 2 amide bonds. The van der Waals surface area contributed by atoms with Gasteiger partial charge in [-0.15, -0.1) is 0 Å². The summed E-state index contributed by atoms with van der Waals surface area (Å²) in [7, 11) is -3.07. The first kappa shape index (κ1) is 31.2. The number of hydrogen-bond acceptors (Lipinski definition) is 10. The number of carbonyl (C=O) groups excluding carboxylic acids is 2. The molecule has 2 saturated heterocycles. The molecular weight excluding hydrogens is 622 g/mol. The van der Waals surface area contributed by atoms with Gasteiger partial charge in [-0.05, 0) is 42.5 Å². The van der Waals surface area contributed by atoms with E-state index in [0.29, 0.717) is 30.5 Å². The molecule has 1 aromatic heterocycles. The second kappa shape index (κ2) is 12.9. The number of anilines is 1. The lowest BCUT2D eigenvalue weighted by Crippen LogP contribution is -2.53. The molecule has 45 heavy (non-hydrogen) atoms. The number of amides is 2. The number of fused-ring (bicyclic) bond motifs is 1. The van der Waals surface area contributed by atoms with Gasteiger partial charge in [0.05, 0.1) is 36.5 Å². The average molecular weight is 656 g/mol.